The van der Waals surface area contributed by atoms with Gasteiger partial charge in [-0.15, -0.1) is 0 Å². The van der Waals surface area contributed by atoms with Crippen molar-refractivity contribution in [2.45, 2.75) is 13.8 Å². The van der Waals surface area contributed by atoms with Crippen molar-refractivity contribution in [2.24, 2.45) is 0 Å². The largest absolute Gasteiger partial charge is 0.451 e. The van der Waals surface area contributed by atoms with E-state index < -0.39 is 18.5 Å². The average Bonchev–Trinajstić information content (AvgIpc) is 2.69. The Morgan fingerprint density at radius 2 is 1.68 bits per heavy atom. The topological polar surface area (TPSA) is 88.6 Å². The molecular formula is C19H19Cl2N3O4. The average molecular weight is 424 g/mol. The quantitative estimate of drug-likeness (QED) is 0.541. The number of esters is 1. The number of ether oxygens (including phenoxy) is 1. The van der Waals surface area contributed by atoms with Crippen molar-refractivity contribution in [3.8, 4) is 0 Å². The Hall–Kier alpha value is -2.64. The second kappa shape index (κ2) is 10.1. The van der Waals surface area contributed by atoms with Crippen LogP contribution in [-0.4, -0.2) is 47.4 Å². The Morgan fingerprint density at radius 3 is 2.29 bits per heavy atom. The summed E-state index contributed by atoms with van der Waals surface area (Å²) in [7, 11) is 0. The first-order chi connectivity index (χ1) is 13.3. The molecule has 2 rings (SSSR count). The zero-order valence-electron chi connectivity index (χ0n) is 15.4. The first kappa shape index (κ1) is 21.7. The molecule has 0 bridgehead atoms. The molecule has 0 aliphatic rings. The molecule has 0 radical (unpaired) electrons. The molecule has 0 fully saturated rings. The molecule has 28 heavy (non-hydrogen) atoms. The lowest BCUT2D eigenvalue weighted by molar-refractivity contribution is -0.119. The second-order valence-corrected chi connectivity index (χ2v) is 6.44. The van der Waals surface area contributed by atoms with Crippen LogP contribution in [0.2, 0.25) is 10.2 Å². The van der Waals surface area contributed by atoms with Gasteiger partial charge in [-0.05, 0) is 50.2 Å². The Balaban J connectivity index is 1.92. The molecule has 0 saturated heterocycles. The van der Waals surface area contributed by atoms with Gasteiger partial charge in [-0.25, -0.2) is 9.78 Å². The van der Waals surface area contributed by atoms with Crippen LogP contribution in [-0.2, 0) is 9.53 Å². The minimum atomic E-state index is -0.859. The van der Waals surface area contributed by atoms with Crippen molar-refractivity contribution >= 4 is 46.7 Å². The van der Waals surface area contributed by atoms with Crippen molar-refractivity contribution < 1.29 is 19.1 Å². The number of hydrogen-bond acceptors (Lipinski definition) is 5. The number of anilines is 1. The van der Waals surface area contributed by atoms with E-state index in [0.29, 0.717) is 24.3 Å². The van der Waals surface area contributed by atoms with Crippen molar-refractivity contribution in [1.82, 2.24) is 9.88 Å². The van der Waals surface area contributed by atoms with Crippen LogP contribution in [0.3, 0.4) is 0 Å². The zero-order chi connectivity index (χ0) is 20.7. The van der Waals surface area contributed by atoms with Gasteiger partial charge in [0.25, 0.3) is 11.8 Å². The minimum Gasteiger partial charge on any atom is -0.451 e. The van der Waals surface area contributed by atoms with E-state index in [-0.39, 0.29) is 21.8 Å². The number of benzene rings is 1. The van der Waals surface area contributed by atoms with Crippen LogP contribution in [0.5, 0.6) is 0 Å². The fourth-order valence-electron chi connectivity index (χ4n) is 2.35. The van der Waals surface area contributed by atoms with Gasteiger partial charge in [0.05, 0.1) is 5.02 Å². The number of halogens is 2. The maximum absolute atomic E-state index is 12.3. The normalized spacial score (nSPS) is 10.3. The molecule has 0 aliphatic carbocycles. The summed E-state index contributed by atoms with van der Waals surface area (Å²) in [5, 5.41) is 2.73. The van der Waals surface area contributed by atoms with E-state index >= 15 is 0 Å². The molecule has 7 nitrogen and oxygen atoms in total. The molecule has 2 aromatic rings. The van der Waals surface area contributed by atoms with Gasteiger partial charge in [-0.3, -0.25) is 9.59 Å². The minimum absolute atomic E-state index is 0.0725. The molecule has 148 valence electrons. The number of nitrogens with one attached hydrogen (secondary N) is 1. The molecular weight excluding hydrogens is 405 g/mol. The molecule has 1 aromatic heterocycles. The fraction of sp³-hybridized carbons (Fsp3) is 0.263. The van der Waals surface area contributed by atoms with Crippen LogP contribution in [0.15, 0.2) is 36.4 Å². The summed E-state index contributed by atoms with van der Waals surface area (Å²) in [6.07, 6.45) is 0. The van der Waals surface area contributed by atoms with Crippen molar-refractivity contribution in [1.29, 1.82) is 0 Å². The lowest BCUT2D eigenvalue weighted by Crippen LogP contribution is -2.30. The summed E-state index contributed by atoms with van der Waals surface area (Å²) >= 11 is 11.6. The first-order valence-corrected chi connectivity index (χ1v) is 9.29. The molecule has 1 heterocycles. The molecule has 0 saturated carbocycles. The van der Waals surface area contributed by atoms with Gasteiger partial charge in [0.1, 0.15) is 5.15 Å². The molecule has 0 spiro atoms. The number of carbonyl (C=O) groups is 3. The number of carbonyl (C=O) groups excluding carboxylic acids is 3. The lowest BCUT2D eigenvalue weighted by atomic mass is 10.2. The van der Waals surface area contributed by atoms with Gasteiger partial charge in [-0.1, -0.05) is 23.2 Å². The van der Waals surface area contributed by atoms with Crippen molar-refractivity contribution in [3.63, 3.8) is 0 Å². The van der Waals surface area contributed by atoms with Crippen molar-refractivity contribution in [2.75, 3.05) is 25.0 Å². The third kappa shape index (κ3) is 5.68. The number of hydrogen-bond donors (Lipinski definition) is 1. The van der Waals surface area contributed by atoms with E-state index in [4.69, 9.17) is 27.9 Å². The Bertz CT molecular complexity index is 868. The summed E-state index contributed by atoms with van der Waals surface area (Å²) in [6.45, 7) is 4.52. The molecule has 1 aromatic carbocycles. The van der Waals surface area contributed by atoms with E-state index in [9.17, 15) is 14.4 Å². The molecule has 2 amide bonds. The highest BCUT2D eigenvalue weighted by Crippen LogP contribution is 2.18. The van der Waals surface area contributed by atoms with Crippen LogP contribution in [0, 0.1) is 0 Å². The van der Waals surface area contributed by atoms with E-state index in [1.807, 2.05) is 13.8 Å². The van der Waals surface area contributed by atoms with Gasteiger partial charge in [0.2, 0.25) is 0 Å². The highest BCUT2D eigenvalue weighted by molar-refractivity contribution is 6.34. The summed E-state index contributed by atoms with van der Waals surface area (Å²) in [5.41, 5.74) is 0.826. The highest BCUT2D eigenvalue weighted by atomic mass is 35.5. The zero-order valence-corrected chi connectivity index (χ0v) is 16.9. The number of nitrogens with zero attached hydrogens (tertiary/aromatic N) is 2. The summed E-state index contributed by atoms with van der Waals surface area (Å²) in [4.78, 5) is 41.7. The van der Waals surface area contributed by atoms with Gasteiger partial charge >= 0.3 is 5.97 Å². The second-order valence-electron chi connectivity index (χ2n) is 5.64. The van der Waals surface area contributed by atoms with Crippen LogP contribution in [0.4, 0.5) is 5.69 Å². The highest BCUT2D eigenvalue weighted by Gasteiger charge is 2.17. The maximum Gasteiger partial charge on any atom is 0.359 e. The van der Waals surface area contributed by atoms with E-state index in [1.54, 1.807) is 29.2 Å². The summed E-state index contributed by atoms with van der Waals surface area (Å²) in [5.74, 6) is -1.49. The SMILES string of the molecule is CCN(CC)C(=O)c1ccc(NC(=O)COC(=O)c2nc(Cl)ccc2Cl)cc1. The number of pyridine rings is 1. The third-order valence-corrected chi connectivity index (χ3v) is 4.32. The monoisotopic (exact) mass is 423 g/mol. The molecule has 9 heteroatoms. The predicted molar refractivity (Wildman–Crippen MR) is 107 cm³/mol. The van der Waals surface area contributed by atoms with Crippen LogP contribution >= 0.6 is 23.2 Å². The smallest absolute Gasteiger partial charge is 0.359 e. The predicted octanol–water partition coefficient (Wildman–Crippen LogP) is 3.67. The van der Waals surface area contributed by atoms with Gasteiger partial charge < -0.3 is 15.0 Å². The van der Waals surface area contributed by atoms with E-state index in [0.717, 1.165) is 0 Å². The fourth-order valence-corrected chi connectivity index (χ4v) is 2.68. The standard InChI is InChI=1S/C19H19Cl2N3O4/c1-3-24(4-2)18(26)12-5-7-13(8-6-12)22-16(25)11-28-19(27)17-14(20)9-10-15(21)23-17/h5-10H,3-4,11H2,1-2H3,(H,22,25). The van der Waals surface area contributed by atoms with Gasteiger partial charge in [0, 0.05) is 24.3 Å². The van der Waals surface area contributed by atoms with Gasteiger partial charge in [-0.2, -0.15) is 0 Å². The summed E-state index contributed by atoms with van der Waals surface area (Å²) < 4.78 is 4.90. The van der Waals surface area contributed by atoms with Crippen LogP contribution in [0.1, 0.15) is 34.7 Å². The van der Waals surface area contributed by atoms with E-state index in [1.165, 1.54) is 12.1 Å². The third-order valence-electron chi connectivity index (χ3n) is 3.81. The molecule has 0 aliphatic heterocycles. The maximum atomic E-state index is 12.3. The van der Waals surface area contributed by atoms with Gasteiger partial charge in [0.15, 0.2) is 12.3 Å². The first-order valence-electron chi connectivity index (χ1n) is 8.54. The number of rotatable bonds is 7. The van der Waals surface area contributed by atoms with Crippen molar-refractivity contribution in [3.05, 3.63) is 57.8 Å². The molecule has 1 N–H and O–H groups in total. The Kier molecular flexibility index (Phi) is 7.78. The summed E-state index contributed by atoms with van der Waals surface area (Å²) in [6, 6.07) is 9.30. The van der Waals surface area contributed by atoms with Crippen LogP contribution in [0.25, 0.3) is 0 Å². The Labute approximate surface area is 172 Å². The van der Waals surface area contributed by atoms with Crippen LogP contribution < -0.4 is 5.32 Å². The van der Waals surface area contributed by atoms with E-state index in [2.05, 4.69) is 10.3 Å². The molecule has 0 atom stereocenters. The lowest BCUT2D eigenvalue weighted by Gasteiger charge is -2.18. The molecule has 0 unspecified atom stereocenters. The number of aromatic nitrogens is 1. The Morgan fingerprint density at radius 1 is 1.04 bits per heavy atom. The number of amides is 2.